The minimum atomic E-state index is -0.981. The van der Waals surface area contributed by atoms with Gasteiger partial charge in [-0.25, -0.2) is 4.79 Å². The highest BCUT2D eigenvalue weighted by Gasteiger charge is 2.26. The molecule has 5 heteroatoms. The predicted molar refractivity (Wildman–Crippen MR) is 85.7 cm³/mol. The highest BCUT2D eigenvalue weighted by Crippen LogP contribution is 2.34. The fourth-order valence-electron chi connectivity index (χ4n) is 2.79. The Bertz CT molecular complexity index is 659. The van der Waals surface area contributed by atoms with Crippen molar-refractivity contribution < 1.29 is 24.1 Å². The third-order valence-corrected chi connectivity index (χ3v) is 4.26. The number of carboxylic acid groups (broad SMARTS) is 1. The Morgan fingerprint density at radius 2 is 1.38 bits per heavy atom. The van der Waals surface area contributed by atoms with Crippen molar-refractivity contribution in [2.45, 2.75) is 18.3 Å². The third-order valence-electron chi connectivity index (χ3n) is 4.26. The van der Waals surface area contributed by atoms with E-state index in [1.165, 1.54) is 0 Å². The zero-order chi connectivity index (χ0) is 16.5. The van der Waals surface area contributed by atoms with Gasteiger partial charge in [0.1, 0.15) is 24.9 Å². The van der Waals surface area contributed by atoms with Crippen LogP contribution < -0.4 is 0 Å². The van der Waals surface area contributed by atoms with E-state index in [9.17, 15) is 4.79 Å². The van der Waals surface area contributed by atoms with E-state index in [0.29, 0.717) is 0 Å². The molecule has 2 unspecified atom stereocenters. The van der Waals surface area contributed by atoms with Gasteiger partial charge in [-0.2, -0.15) is 0 Å². The van der Waals surface area contributed by atoms with Crippen molar-refractivity contribution in [3.05, 3.63) is 70.8 Å². The normalized spacial score (nSPS) is 22.8. The first-order valence-corrected chi connectivity index (χ1v) is 7.97. The molecule has 2 aromatic rings. The minimum absolute atomic E-state index is 0.204. The van der Waals surface area contributed by atoms with E-state index < -0.39 is 12.1 Å². The first-order valence-electron chi connectivity index (χ1n) is 7.97. The van der Waals surface area contributed by atoms with Crippen molar-refractivity contribution in [3.8, 4) is 0 Å². The van der Waals surface area contributed by atoms with Gasteiger partial charge in [-0.1, -0.05) is 48.5 Å². The molecule has 0 amide bonds. The average molecular weight is 326 g/mol. The average Bonchev–Trinajstić information content (AvgIpc) is 3.49. The van der Waals surface area contributed by atoms with Crippen LogP contribution in [0.5, 0.6) is 0 Å². The molecule has 2 saturated heterocycles. The number of benzene rings is 2. The molecular formula is C19H18O5. The second kappa shape index (κ2) is 6.36. The van der Waals surface area contributed by atoms with Crippen molar-refractivity contribution in [3.63, 3.8) is 0 Å². The molecule has 2 atom stereocenters. The molecule has 2 fully saturated rings. The molecule has 2 heterocycles. The van der Waals surface area contributed by atoms with Crippen molar-refractivity contribution >= 4 is 5.97 Å². The number of carboxylic acids is 1. The van der Waals surface area contributed by atoms with Crippen LogP contribution in [0, 0.1) is 0 Å². The van der Waals surface area contributed by atoms with E-state index in [1.807, 2.05) is 48.5 Å². The summed E-state index contributed by atoms with van der Waals surface area (Å²) in [6.07, 6.45) is -0.00466. The van der Waals surface area contributed by atoms with Gasteiger partial charge < -0.3 is 19.3 Å². The maximum atomic E-state index is 10.9. The maximum absolute atomic E-state index is 10.9. The van der Waals surface area contributed by atoms with Gasteiger partial charge in [0.2, 0.25) is 0 Å². The Morgan fingerprint density at radius 1 is 0.958 bits per heavy atom. The number of ether oxygens (including phenoxy) is 3. The van der Waals surface area contributed by atoms with Gasteiger partial charge >= 0.3 is 5.97 Å². The number of rotatable bonds is 7. The first kappa shape index (κ1) is 15.3. The Labute approximate surface area is 139 Å². The molecule has 4 rings (SSSR count). The zero-order valence-corrected chi connectivity index (χ0v) is 13.1. The molecule has 24 heavy (non-hydrogen) atoms. The standard InChI is InChI=1S/C19H18O5/c20-18(21)11-24-19(14-5-1-12(2-6-14)16-9-22-16)15-7-3-13(4-8-15)17-10-23-17/h1-8,16-17,19H,9-11H2,(H,20,21). The molecule has 2 aliphatic heterocycles. The summed E-state index contributed by atoms with van der Waals surface area (Å²) in [6, 6.07) is 15.9. The summed E-state index contributed by atoms with van der Waals surface area (Å²) in [6.45, 7) is 1.19. The summed E-state index contributed by atoms with van der Waals surface area (Å²) in [4.78, 5) is 10.9. The van der Waals surface area contributed by atoms with Crippen LogP contribution in [0.1, 0.15) is 40.6 Å². The molecule has 0 aliphatic carbocycles. The molecule has 1 N–H and O–H groups in total. The monoisotopic (exact) mass is 326 g/mol. The van der Waals surface area contributed by atoms with E-state index in [4.69, 9.17) is 19.3 Å². The van der Waals surface area contributed by atoms with E-state index in [1.54, 1.807) is 0 Å². The fraction of sp³-hybridized carbons (Fsp3) is 0.316. The number of hydrogen-bond donors (Lipinski definition) is 1. The highest BCUT2D eigenvalue weighted by atomic mass is 16.6. The van der Waals surface area contributed by atoms with E-state index >= 15 is 0 Å². The van der Waals surface area contributed by atoms with Crippen LogP contribution in [0.3, 0.4) is 0 Å². The molecule has 0 saturated carbocycles. The fourth-order valence-corrected chi connectivity index (χ4v) is 2.79. The summed E-state index contributed by atoms with van der Waals surface area (Å²) >= 11 is 0. The number of carbonyl (C=O) groups is 1. The van der Waals surface area contributed by atoms with Gasteiger partial charge in [0.05, 0.1) is 13.2 Å². The lowest BCUT2D eigenvalue weighted by Crippen LogP contribution is -2.13. The van der Waals surface area contributed by atoms with Crippen molar-refractivity contribution in [1.29, 1.82) is 0 Å². The van der Waals surface area contributed by atoms with Crippen LogP contribution in [0.4, 0.5) is 0 Å². The summed E-state index contributed by atoms with van der Waals surface area (Å²) in [5, 5.41) is 8.95. The molecule has 0 spiro atoms. The van der Waals surface area contributed by atoms with E-state index in [-0.39, 0.29) is 18.8 Å². The van der Waals surface area contributed by atoms with Crippen LogP contribution >= 0.6 is 0 Å². The van der Waals surface area contributed by atoms with Gasteiger partial charge in [0.15, 0.2) is 0 Å². The van der Waals surface area contributed by atoms with Crippen LogP contribution in [-0.4, -0.2) is 30.9 Å². The lowest BCUT2D eigenvalue weighted by molar-refractivity contribution is -0.143. The molecule has 0 bridgehead atoms. The van der Waals surface area contributed by atoms with Crippen molar-refractivity contribution in [2.24, 2.45) is 0 Å². The number of hydrogen-bond acceptors (Lipinski definition) is 4. The summed E-state index contributed by atoms with van der Waals surface area (Å²) in [7, 11) is 0. The highest BCUT2D eigenvalue weighted by molar-refractivity contribution is 5.68. The second-order valence-corrected chi connectivity index (χ2v) is 6.06. The minimum Gasteiger partial charge on any atom is -0.480 e. The number of aliphatic carboxylic acids is 1. The van der Waals surface area contributed by atoms with Crippen molar-refractivity contribution in [2.75, 3.05) is 19.8 Å². The Kier molecular flexibility index (Phi) is 4.06. The van der Waals surface area contributed by atoms with Crippen molar-refractivity contribution in [1.82, 2.24) is 0 Å². The summed E-state index contributed by atoms with van der Waals surface area (Å²) < 4.78 is 16.2. The van der Waals surface area contributed by atoms with Crippen LogP contribution in [0.25, 0.3) is 0 Å². The molecule has 2 aliphatic rings. The summed E-state index contributed by atoms with van der Waals surface area (Å²) in [5.41, 5.74) is 4.13. The topological polar surface area (TPSA) is 71.6 Å². The van der Waals surface area contributed by atoms with Crippen LogP contribution in [-0.2, 0) is 19.0 Å². The van der Waals surface area contributed by atoms with Crippen LogP contribution in [0.15, 0.2) is 48.5 Å². The smallest absolute Gasteiger partial charge is 0.329 e. The molecule has 5 nitrogen and oxygen atoms in total. The van der Waals surface area contributed by atoms with Gasteiger partial charge in [0.25, 0.3) is 0 Å². The quantitative estimate of drug-likeness (QED) is 0.792. The van der Waals surface area contributed by atoms with Crippen LogP contribution in [0.2, 0.25) is 0 Å². The second-order valence-electron chi connectivity index (χ2n) is 6.06. The Hall–Kier alpha value is -2.21. The predicted octanol–water partition coefficient (Wildman–Crippen LogP) is 3.02. The van der Waals surface area contributed by atoms with Gasteiger partial charge in [-0.15, -0.1) is 0 Å². The Balaban J connectivity index is 1.58. The largest absolute Gasteiger partial charge is 0.480 e. The molecule has 124 valence electrons. The molecule has 2 aromatic carbocycles. The summed E-state index contributed by atoms with van der Waals surface area (Å²) in [5.74, 6) is -0.981. The van der Waals surface area contributed by atoms with Gasteiger partial charge in [0, 0.05) is 0 Å². The third kappa shape index (κ3) is 3.48. The molecule has 0 radical (unpaired) electrons. The zero-order valence-electron chi connectivity index (χ0n) is 13.1. The maximum Gasteiger partial charge on any atom is 0.329 e. The van der Waals surface area contributed by atoms with E-state index in [2.05, 4.69) is 0 Å². The number of epoxide rings is 2. The van der Waals surface area contributed by atoms with Gasteiger partial charge in [-0.05, 0) is 22.3 Å². The SMILES string of the molecule is O=C(O)COC(c1ccc(C2CO2)cc1)c1ccc(C2CO2)cc1. The van der Waals surface area contributed by atoms with Gasteiger partial charge in [-0.3, -0.25) is 0 Å². The Morgan fingerprint density at radius 3 is 1.71 bits per heavy atom. The lowest BCUT2D eigenvalue weighted by atomic mass is 9.98. The lowest BCUT2D eigenvalue weighted by Gasteiger charge is -2.18. The first-order chi connectivity index (χ1) is 11.7. The molecule has 0 aromatic heterocycles. The van der Waals surface area contributed by atoms with E-state index in [0.717, 1.165) is 35.5 Å². The molecular weight excluding hydrogens is 308 g/mol.